The summed E-state index contributed by atoms with van der Waals surface area (Å²) in [6, 6.07) is 11.8. The monoisotopic (exact) mass is 310 g/mol. The highest BCUT2D eigenvalue weighted by molar-refractivity contribution is 9.10. The quantitative estimate of drug-likeness (QED) is 0.852. The molecule has 0 fully saturated rings. The second-order valence-electron chi connectivity index (χ2n) is 4.06. The average molecular weight is 312 g/mol. The molecule has 0 saturated heterocycles. The molecule has 1 N–H and O–H groups in total. The van der Waals surface area contributed by atoms with Crippen molar-refractivity contribution in [1.82, 2.24) is 0 Å². The number of phenolic OH excluding ortho intramolecular Hbond substituents is 1. The summed E-state index contributed by atoms with van der Waals surface area (Å²) in [4.78, 5) is 0. The lowest BCUT2D eigenvalue weighted by Crippen LogP contribution is -1.90. The van der Waals surface area contributed by atoms with Crippen molar-refractivity contribution in [3.05, 3.63) is 62.6 Å². The van der Waals surface area contributed by atoms with Crippen molar-refractivity contribution in [1.29, 1.82) is 0 Å². The second kappa shape index (κ2) is 5.11. The van der Waals surface area contributed by atoms with Crippen molar-refractivity contribution in [2.75, 3.05) is 0 Å². The van der Waals surface area contributed by atoms with Crippen LogP contribution in [-0.2, 0) is 6.42 Å². The van der Waals surface area contributed by atoms with Gasteiger partial charge in [0.25, 0.3) is 0 Å². The maximum Gasteiger partial charge on any atom is 0.131 e. The van der Waals surface area contributed by atoms with Gasteiger partial charge in [-0.25, -0.2) is 0 Å². The topological polar surface area (TPSA) is 20.2 Å². The van der Waals surface area contributed by atoms with Crippen LogP contribution in [0.4, 0.5) is 0 Å². The molecule has 17 heavy (non-hydrogen) atoms. The number of phenols is 1. The molecule has 88 valence electrons. The van der Waals surface area contributed by atoms with Crippen molar-refractivity contribution < 1.29 is 5.11 Å². The fourth-order valence-electron chi connectivity index (χ4n) is 1.64. The standard InChI is InChI=1S/C14H12BrClO/c1-9-2-4-10(5-3-9)6-11-7-12(15)14(17)8-13(11)16/h2-5,7-8,17H,6H2,1H3. The molecule has 2 rings (SSSR count). The summed E-state index contributed by atoms with van der Waals surface area (Å²) < 4.78 is 0.670. The van der Waals surface area contributed by atoms with Gasteiger partial charge in [0.05, 0.1) is 4.47 Å². The largest absolute Gasteiger partial charge is 0.507 e. The van der Waals surface area contributed by atoms with Gasteiger partial charge >= 0.3 is 0 Å². The van der Waals surface area contributed by atoms with Gasteiger partial charge in [-0.05, 0) is 52.5 Å². The minimum absolute atomic E-state index is 0.169. The van der Waals surface area contributed by atoms with Crippen LogP contribution in [0.3, 0.4) is 0 Å². The zero-order chi connectivity index (χ0) is 12.4. The van der Waals surface area contributed by atoms with Crippen LogP contribution in [0.15, 0.2) is 40.9 Å². The molecule has 0 aliphatic heterocycles. The molecule has 0 saturated carbocycles. The minimum Gasteiger partial charge on any atom is -0.507 e. The first-order valence-electron chi connectivity index (χ1n) is 5.28. The molecule has 0 spiro atoms. The fourth-order valence-corrected chi connectivity index (χ4v) is 2.25. The second-order valence-corrected chi connectivity index (χ2v) is 5.32. The number of rotatable bonds is 2. The molecule has 2 aromatic carbocycles. The van der Waals surface area contributed by atoms with E-state index in [9.17, 15) is 5.11 Å². The Kier molecular flexibility index (Phi) is 3.75. The maximum absolute atomic E-state index is 9.50. The Morgan fingerprint density at radius 2 is 1.82 bits per heavy atom. The average Bonchev–Trinajstić information content (AvgIpc) is 2.29. The Bertz CT molecular complexity index is 535. The normalized spacial score (nSPS) is 10.5. The van der Waals surface area contributed by atoms with Gasteiger partial charge < -0.3 is 5.11 Å². The number of halogens is 2. The van der Waals surface area contributed by atoms with Crippen LogP contribution in [0.5, 0.6) is 5.75 Å². The molecule has 0 atom stereocenters. The van der Waals surface area contributed by atoms with Gasteiger partial charge in [0.2, 0.25) is 0 Å². The van der Waals surface area contributed by atoms with Crippen molar-refractivity contribution in [3.63, 3.8) is 0 Å². The third-order valence-electron chi connectivity index (χ3n) is 2.63. The predicted molar refractivity (Wildman–Crippen MR) is 74.8 cm³/mol. The van der Waals surface area contributed by atoms with Crippen LogP contribution >= 0.6 is 27.5 Å². The van der Waals surface area contributed by atoms with Crippen molar-refractivity contribution >= 4 is 27.5 Å². The fraction of sp³-hybridized carbons (Fsp3) is 0.143. The van der Waals surface area contributed by atoms with Crippen LogP contribution in [0.25, 0.3) is 0 Å². The molecule has 3 heteroatoms. The third kappa shape index (κ3) is 3.02. The van der Waals surface area contributed by atoms with E-state index in [1.165, 1.54) is 11.1 Å². The van der Waals surface area contributed by atoms with Crippen LogP contribution in [0, 0.1) is 6.92 Å². The molecular weight excluding hydrogens is 300 g/mol. The third-order valence-corrected chi connectivity index (χ3v) is 3.62. The summed E-state index contributed by atoms with van der Waals surface area (Å²) in [6.07, 6.45) is 0.762. The number of benzene rings is 2. The van der Waals surface area contributed by atoms with Crippen LogP contribution in [0.2, 0.25) is 5.02 Å². The summed E-state index contributed by atoms with van der Waals surface area (Å²) in [5, 5.41) is 10.1. The molecule has 0 amide bonds. The van der Waals surface area contributed by atoms with Crippen molar-refractivity contribution in [3.8, 4) is 5.75 Å². The Morgan fingerprint density at radius 1 is 1.18 bits per heavy atom. The van der Waals surface area contributed by atoms with E-state index >= 15 is 0 Å². The number of hydrogen-bond donors (Lipinski definition) is 1. The lowest BCUT2D eigenvalue weighted by atomic mass is 10.0. The summed E-state index contributed by atoms with van der Waals surface area (Å²) in [7, 11) is 0. The SMILES string of the molecule is Cc1ccc(Cc2cc(Br)c(O)cc2Cl)cc1. The lowest BCUT2D eigenvalue weighted by Gasteiger charge is -2.07. The molecule has 0 aliphatic rings. The molecule has 0 unspecified atom stereocenters. The van der Waals surface area contributed by atoms with Crippen LogP contribution in [-0.4, -0.2) is 5.11 Å². The number of hydrogen-bond acceptors (Lipinski definition) is 1. The molecular formula is C14H12BrClO. The Balaban J connectivity index is 2.30. The van der Waals surface area contributed by atoms with E-state index in [4.69, 9.17) is 11.6 Å². The Labute approximate surface area is 114 Å². The van der Waals surface area contributed by atoms with Crippen LogP contribution in [0.1, 0.15) is 16.7 Å². The summed E-state index contributed by atoms with van der Waals surface area (Å²) in [5.74, 6) is 0.169. The van der Waals surface area contributed by atoms with E-state index in [-0.39, 0.29) is 5.75 Å². The zero-order valence-corrected chi connectivity index (χ0v) is 11.7. The Hall–Kier alpha value is -0.990. The molecule has 2 aromatic rings. The van der Waals surface area contributed by atoms with Crippen molar-refractivity contribution in [2.45, 2.75) is 13.3 Å². The first-order valence-corrected chi connectivity index (χ1v) is 6.46. The molecule has 1 nitrogen and oxygen atoms in total. The maximum atomic E-state index is 9.50. The summed E-state index contributed by atoms with van der Waals surface area (Å²) in [5.41, 5.74) is 3.45. The van der Waals surface area contributed by atoms with Crippen molar-refractivity contribution in [2.24, 2.45) is 0 Å². The first kappa shape index (κ1) is 12.5. The van der Waals surface area contributed by atoms with E-state index in [0.717, 1.165) is 12.0 Å². The van der Waals surface area contributed by atoms with Crippen LogP contribution < -0.4 is 0 Å². The lowest BCUT2D eigenvalue weighted by molar-refractivity contribution is 0.472. The van der Waals surface area contributed by atoms with Gasteiger partial charge in [0.15, 0.2) is 0 Å². The predicted octanol–water partition coefficient (Wildman–Crippen LogP) is 4.71. The summed E-state index contributed by atoms with van der Waals surface area (Å²) >= 11 is 9.40. The molecule has 0 radical (unpaired) electrons. The van der Waals surface area contributed by atoms with Gasteiger partial charge in [-0.15, -0.1) is 0 Å². The molecule has 0 bridgehead atoms. The van der Waals surface area contributed by atoms with Gasteiger partial charge in [-0.2, -0.15) is 0 Å². The van der Waals surface area contributed by atoms with E-state index in [1.54, 1.807) is 6.07 Å². The van der Waals surface area contributed by atoms with E-state index in [2.05, 4.69) is 47.1 Å². The first-order chi connectivity index (χ1) is 8.06. The minimum atomic E-state index is 0.169. The number of aromatic hydroxyl groups is 1. The molecule has 0 heterocycles. The van der Waals surface area contributed by atoms with Gasteiger partial charge in [0, 0.05) is 5.02 Å². The highest BCUT2D eigenvalue weighted by Gasteiger charge is 2.06. The van der Waals surface area contributed by atoms with E-state index in [1.807, 2.05) is 6.07 Å². The number of aryl methyl sites for hydroxylation is 1. The zero-order valence-electron chi connectivity index (χ0n) is 9.37. The molecule has 0 aliphatic carbocycles. The molecule has 0 aromatic heterocycles. The van der Waals surface area contributed by atoms with E-state index in [0.29, 0.717) is 9.50 Å². The highest BCUT2D eigenvalue weighted by Crippen LogP contribution is 2.31. The van der Waals surface area contributed by atoms with E-state index < -0.39 is 0 Å². The van der Waals surface area contributed by atoms with Gasteiger partial charge in [0.1, 0.15) is 5.75 Å². The Morgan fingerprint density at radius 3 is 2.47 bits per heavy atom. The highest BCUT2D eigenvalue weighted by atomic mass is 79.9. The van der Waals surface area contributed by atoms with Gasteiger partial charge in [-0.3, -0.25) is 0 Å². The van der Waals surface area contributed by atoms with Gasteiger partial charge in [-0.1, -0.05) is 41.4 Å². The smallest absolute Gasteiger partial charge is 0.131 e. The summed E-state index contributed by atoms with van der Waals surface area (Å²) in [6.45, 7) is 2.06.